The Kier molecular flexibility index (Phi) is 9.37. The summed E-state index contributed by atoms with van der Waals surface area (Å²) in [6.45, 7) is -0.278. The minimum atomic E-state index is -0.968. The molecule has 0 aromatic carbocycles. The van der Waals surface area contributed by atoms with E-state index in [4.69, 9.17) is 5.11 Å². The molecule has 0 heterocycles. The molecule has 3 N–H and O–H groups in total. The molecule has 0 aliphatic carbocycles. The number of hydrogen-bond acceptors (Lipinski definition) is 2. The van der Waals surface area contributed by atoms with Gasteiger partial charge in [-0.1, -0.05) is 0 Å². The van der Waals surface area contributed by atoms with E-state index in [2.05, 4.69) is 5.73 Å². The second kappa shape index (κ2) is 5.70. The summed E-state index contributed by atoms with van der Waals surface area (Å²) in [7, 11) is 0. The fourth-order valence-corrected chi connectivity index (χ4v) is 0. The van der Waals surface area contributed by atoms with Gasteiger partial charge >= 0.3 is 5.97 Å². The van der Waals surface area contributed by atoms with Gasteiger partial charge < -0.3 is 10.8 Å². The van der Waals surface area contributed by atoms with Crippen molar-refractivity contribution in [2.75, 3.05) is 6.54 Å². The Morgan fingerprint density at radius 3 is 2.00 bits per heavy atom. The van der Waals surface area contributed by atoms with Gasteiger partial charge in [0.25, 0.3) is 0 Å². The van der Waals surface area contributed by atoms with Gasteiger partial charge in [0.15, 0.2) is 0 Å². The molecule has 0 atom stereocenters. The third kappa shape index (κ3) is 8.83. The minimum Gasteiger partial charge on any atom is -0.480 e. The van der Waals surface area contributed by atoms with Crippen molar-refractivity contribution in [3.63, 3.8) is 0 Å². The van der Waals surface area contributed by atoms with Gasteiger partial charge in [0, 0.05) is 38.2 Å². The second-order valence-corrected chi connectivity index (χ2v) is 0.598. The molecule has 40 valence electrons. The number of hydrogen-bond donors (Lipinski definition) is 2. The van der Waals surface area contributed by atoms with Gasteiger partial charge in [0.05, 0.1) is 6.54 Å². The van der Waals surface area contributed by atoms with Crippen molar-refractivity contribution >= 4 is 5.97 Å². The molecule has 0 unspecified atom stereocenters. The van der Waals surface area contributed by atoms with E-state index in [0.717, 1.165) is 0 Å². The van der Waals surface area contributed by atoms with E-state index in [1.165, 1.54) is 0 Å². The molecule has 0 spiro atoms. The van der Waals surface area contributed by atoms with Crippen LogP contribution in [0, 0.1) is 38.2 Å². The van der Waals surface area contributed by atoms with E-state index in [1.54, 1.807) is 0 Å². The van der Waals surface area contributed by atoms with Crippen LogP contribution in [0.1, 0.15) is 0 Å². The van der Waals surface area contributed by atoms with E-state index >= 15 is 0 Å². The molecule has 0 amide bonds. The summed E-state index contributed by atoms with van der Waals surface area (Å²) in [5.41, 5.74) is 4.57. The normalized spacial score (nSPS) is 6.17. The summed E-state index contributed by atoms with van der Waals surface area (Å²) in [6.07, 6.45) is 0. The van der Waals surface area contributed by atoms with Crippen LogP contribution in [-0.2, 0) is 4.79 Å². The maximum atomic E-state index is 9.24. The van der Waals surface area contributed by atoms with Crippen LogP contribution in [0.2, 0.25) is 0 Å². The first-order valence-electron chi connectivity index (χ1n) is 1.19. The summed E-state index contributed by atoms with van der Waals surface area (Å²) in [5, 5.41) is 7.60. The van der Waals surface area contributed by atoms with E-state index in [1.807, 2.05) is 0 Å². The average Bonchev–Trinajstić information content (AvgIpc) is 1.38. The van der Waals surface area contributed by atoms with Crippen LogP contribution >= 0.6 is 0 Å². The molecular formula is C2H5DyNO2. The molecular weight excluding hydrogens is 233 g/mol. The predicted octanol–water partition coefficient (Wildman–Crippen LogP) is -0.970. The predicted molar refractivity (Wildman–Crippen MR) is 16.7 cm³/mol. The van der Waals surface area contributed by atoms with E-state index in [-0.39, 0.29) is 44.7 Å². The minimum absolute atomic E-state index is 0. The first-order valence-corrected chi connectivity index (χ1v) is 1.19. The maximum absolute atomic E-state index is 9.24. The molecule has 4 heteroatoms. The Morgan fingerprint density at radius 2 is 2.00 bits per heavy atom. The topological polar surface area (TPSA) is 63.3 Å². The van der Waals surface area contributed by atoms with Gasteiger partial charge in [0.1, 0.15) is 0 Å². The molecule has 0 aliphatic rings. The van der Waals surface area contributed by atoms with E-state index < -0.39 is 5.97 Å². The number of nitrogens with two attached hydrogens (primary N) is 1. The van der Waals surface area contributed by atoms with Gasteiger partial charge in [-0.25, -0.2) is 0 Å². The Hall–Kier alpha value is 0.703. The molecule has 3 nitrogen and oxygen atoms in total. The van der Waals surface area contributed by atoms with Crippen LogP contribution in [0.15, 0.2) is 0 Å². The molecule has 0 aromatic heterocycles. The van der Waals surface area contributed by atoms with Crippen molar-refractivity contribution < 1.29 is 48.1 Å². The van der Waals surface area contributed by atoms with Gasteiger partial charge in [-0.05, 0) is 0 Å². The van der Waals surface area contributed by atoms with Crippen molar-refractivity contribution in [3.05, 3.63) is 0 Å². The summed E-state index contributed by atoms with van der Waals surface area (Å²) in [6, 6.07) is 0. The van der Waals surface area contributed by atoms with Gasteiger partial charge in [0.2, 0.25) is 0 Å². The number of carboxylic acid groups (broad SMARTS) is 1. The Labute approximate surface area is 65.9 Å². The van der Waals surface area contributed by atoms with Crippen LogP contribution in [0.4, 0.5) is 0 Å². The van der Waals surface area contributed by atoms with Crippen molar-refractivity contribution in [3.8, 4) is 0 Å². The standard InChI is InChI=1S/C2H5NO2.Dy/c3-1-2(4)5;/h1,3H2,(H,4,5);. The van der Waals surface area contributed by atoms with Crippen molar-refractivity contribution in [1.29, 1.82) is 0 Å². The zero-order valence-corrected chi connectivity index (χ0v) is 4.99. The number of rotatable bonds is 1. The Bertz CT molecular complexity index is 46.8. The zero-order valence-electron chi connectivity index (χ0n) is 2.96. The van der Waals surface area contributed by atoms with Crippen LogP contribution in [0.25, 0.3) is 0 Å². The van der Waals surface area contributed by atoms with Crippen LogP contribution in [-0.4, -0.2) is 17.6 Å². The van der Waals surface area contributed by atoms with Crippen LogP contribution < -0.4 is 5.73 Å². The quantitative estimate of drug-likeness (QED) is 0.617. The third-order valence-electron chi connectivity index (χ3n) is 0.175. The second-order valence-electron chi connectivity index (χ2n) is 0.598. The Balaban J connectivity index is 0. The number of carbonyl (C=O) groups is 1. The number of carboxylic acids is 1. The number of aliphatic carboxylic acids is 1. The molecule has 0 fully saturated rings. The van der Waals surface area contributed by atoms with Gasteiger partial charge in [-0.3, -0.25) is 4.79 Å². The van der Waals surface area contributed by atoms with E-state index in [0.29, 0.717) is 0 Å². The monoisotopic (exact) mass is 239 g/mol. The maximum Gasteiger partial charge on any atom is 0.317 e. The fraction of sp³-hybridized carbons (Fsp3) is 0.500. The molecule has 0 radical (unpaired) electrons. The molecule has 0 saturated heterocycles. The van der Waals surface area contributed by atoms with E-state index in [9.17, 15) is 4.79 Å². The first kappa shape index (κ1) is 9.86. The molecule has 0 aliphatic heterocycles. The summed E-state index contributed by atoms with van der Waals surface area (Å²) >= 11 is 0. The summed E-state index contributed by atoms with van der Waals surface area (Å²) < 4.78 is 0. The average molecular weight is 238 g/mol. The van der Waals surface area contributed by atoms with Gasteiger partial charge in [-0.15, -0.1) is 0 Å². The zero-order chi connectivity index (χ0) is 4.28. The fourth-order valence-electron chi connectivity index (χ4n) is 0. The SMILES string of the molecule is NCC(=O)O.[Dy]. The molecule has 0 aromatic rings. The first-order chi connectivity index (χ1) is 2.27. The molecule has 0 bridgehead atoms. The summed E-state index contributed by atoms with van der Waals surface area (Å²) in [5.74, 6) is -0.968. The van der Waals surface area contributed by atoms with Crippen molar-refractivity contribution in [2.45, 2.75) is 0 Å². The van der Waals surface area contributed by atoms with Crippen molar-refractivity contribution in [2.24, 2.45) is 5.73 Å². The smallest absolute Gasteiger partial charge is 0.317 e. The van der Waals surface area contributed by atoms with Crippen LogP contribution in [0.5, 0.6) is 0 Å². The van der Waals surface area contributed by atoms with Crippen molar-refractivity contribution in [1.82, 2.24) is 0 Å². The summed E-state index contributed by atoms with van der Waals surface area (Å²) in [4.78, 5) is 9.24. The molecule has 0 rings (SSSR count). The molecule has 6 heavy (non-hydrogen) atoms. The van der Waals surface area contributed by atoms with Gasteiger partial charge in [-0.2, -0.15) is 0 Å². The Morgan fingerprint density at radius 1 is 1.83 bits per heavy atom. The third-order valence-corrected chi connectivity index (χ3v) is 0.175. The van der Waals surface area contributed by atoms with Crippen LogP contribution in [0.3, 0.4) is 0 Å². The largest absolute Gasteiger partial charge is 0.480 e. The molecule has 0 saturated carbocycles.